The number of benzene rings is 1. The molecule has 0 aliphatic carbocycles. The molecular formula is C20H20N4O5. The fraction of sp³-hybridized carbons (Fsp3) is 0.350. The van der Waals surface area contributed by atoms with Gasteiger partial charge < -0.3 is 14.4 Å². The summed E-state index contributed by atoms with van der Waals surface area (Å²) in [5.41, 5.74) is 0.258. The maximum absolute atomic E-state index is 11.9. The van der Waals surface area contributed by atoms with Crippen LogP contribution in [0.25, 0.3) is 0 Å². The molecule has 0 saturated carbocycles. The molecule has 0 radical (unpaired) electrons. The fourth-order valence-electron chi connectivity index (χ4n) is 3.17. The van der Waals surface area contributed by atoms with Crippen molar-refractivity contribution < 1.29 is 19.2 Å². The number of terminal acetylenes is 1. The zero-order valence-corrected chi connectivity index (χ0v) is 15.9. The van der Waals surface area contributed by atoms with Gasteiger partial charge in [-0.3, -0.25) is 14.9 Å². The predicted molar refractivity (Wildman–Crippen MR) is 105 cm³/mol. The average Bonchev–Trinajstić information content (AvgIpc) is 2.74. The standard InChI is InChI=1S/C20H20N4O5/c1-3-14-6-5-7-16(12-14)29-19-17(24(26)27)18(21-13-22-19)23-10-8-15(9-11-23)20(25)28-4-2/h1,5-7,12-13,15H,4,8-11H2,2H3. The predicted octanol–water partition coefficient (Wildman–Crippen LogP) is 2.94. The minimum atomic E-state index is -0.562. The topological polar surface area (TPSA) is 108 Å². The number of nitro groups is 1. The van der Waals surface area contributed by atoms with Crippen LogP contribution in [0.5, 0.6) is 11.6 Å². The molecule has 2 heterocycles. The van der Waals surface area contributed by atoms with E-state index in [1.807, 2.05) is 0 Å². The highest BCUT2D eigenvalue weighted by Gasteiger charge is 2.33. The third-order valence-electron chi connectivity index (χ3n) is 4.58. The summed E-state index contributed by atoms with van der Waals surface area (Å²) in [4.78, 5) is 32.9. The fourth-order valence-corrected chi connectivity index (χ4v) is 3.17. The van der Waals surface area contributed by atoms with E-state index in [1.54, 1.807) is 36.1 Å². The number of ether oxygens (including phenoxy) is 2. The summed E-state index contributed by atoms with van der Waals surface area (Å²) in [6.07, 6.45) is 7.66. The number of carbonyl (C=O) groups is 1. The van der Waals surface area contributed by atoms with Gasteiger partial charge in [0, 0.05) is 18.7 Å². The van der Waals surface area contributed by atoms with Crippen LogP contribution in [0.15, 0.2) is 30.6 Å². The normalized spacial score (nSPS) is 14.1. The molecule has 0 N–H and O–H groups in total. The maximum Gasteiger partial charge on any atom is 0.373 e. The highest BCUT2D eigenvalue weighted by molar-refractivity contribution is 5.73. The van der Waals surface area contributed by atoms with Gasteiger partial charge in [0.05, 0.1) is 17.4 Å². The van der Waals surface area contributed by atoms with Crippen molar-refractivity contribution in [2.75, 3.05) is 24.6 Å². The Morgan fingerprint density at radius 3 is 2.79 bits per heavy atom. The summed E-state index contributed by atoms with van der Waals surface area (Å²) in [6.45, 7) is 2.97. The van der Waals surface area contributed by atoms with E-state index in [-0.39, 0.29) is 29.3 Å². The molecule has 29 heavy (non-hydrogen) atoms. The van der Waals surface area contributed by atoms with Gasteiger partial charge in [0.1, 0.15) is 12.1 Å². The van der Waals surface area contributed by atoms with Crippen molar-refractivity contribution in [2.24, 2.45) is 5.92 Å². The molecule has 1 aromatic carbocycles. The molecule has 2 aromatic rings. The molecule has 0 amide bonds. The van der Waals surface area contributed by atoms with Crippen molar-refractivity contribution in [3.63, 3.8) is 0 Å². The molecule has 150 valence electrons. The zero-order valence-electron chi connectivity index (χ0n) is 15.9. The summed E-state index contributed by atoms with van der Waals surface area (Å²) in [5.74, 6) is 2.37. The van der Waals surface area contributed by atoms with E-state index in [0.717, 1.165) is 0 Å². The van der Waals surface area contributed by atoms with E-state index in [1.165, 1.54) is 6.33 Å². The Balaban J connectivity index is 1.83. The minimum Gasteiger partial charge on any atom is -0.466 e. The van der Waals surface area contributed by atoms with Gasteiger partial charge in [0.15, 0.2) is 0 Å². The minimum absolute atomic E-state index is 0.162. The van der Waals surface area contributed by atoms with Gasteiger partial charge in [-0.1, -0.05) is 12.0 Å². The molecule has 3 rings (SSSR count). The van der Waals surface area contributed by atoms with E-state index < -0.39 is 4.92 Å². The number of aromatic nitrogens is 2. The number of carbonyl (C=O) groups excluding carboxylic acids is 1. The summed E-state index contributed by atoms with van der Waals surface area (Å²) in [6, 6.07) is 6.65. The highest BCUT2D eigenvalue weighted by Crippen LogP contribution is 2.37. The van der Waals surface area contributed by atoms with Gasteiger partial charge in [-0.15, -0.1) is 6.42 Å². The number of anilines is 1. The van der Waals surface area contributed by atoms with Crippen molar-refractivity contribution >= 4 is 17.5 Å². The third-order valence-corrected chi connectivity index (χ3v) is 4.58. The van der Waals surface area contributed by atoms with Crippen LogP contribution in [0.4, 0.5) is 11.5 Å². The Kier molecular flexibility index (Phi) is 6.24. The van der Waals surface area contributed by atoms with Crippen LogP contribution in [0.1, 0.15) is 25.3 Å². The molecular weight excluding hydrogens is 376 g/mol. The second-order valence-corrected chi connectivity index (χ2v) is 6.40. The van der Waals surface area contributed by atoms with Crippen LogP contribution in [0.2, 0.25) is 0 Å². The quantitative estimate of drug-likeness (QED) is 0.317. The van der Waals surface area contributed by atoms with Crippen molar-refractivity contribution in [3.8, 4) is 24.0 Å². The largest absolute Gasteiger partial charge is 0.466 e. The van der Waals surface area contributed by atoms with E-state index in [2.05, 4.69) is 15.9 Å². The summed E-state index contributed by atoms with van der Waals surface area (Å²) in [7, 11) is 0. The average molecular weight is 396 g/mol. The molecule has 1 aliphatic rings. The molecule has 0 atom stereocenters. The van der Waals surface area contributed by atoms with Crippen LogP contribution in [-0.4, -0.2) is 40.6 Å². The first kappa shape index (κ1) is 20.1. The lowest BCUT2D eigenvalue weighted by atomic mass is 9.97. The first-order valence-electron chi connectivity index (χ1n) is 9.19. The summed E-state index contributed by atoms with van der Waals surface area (Å²) < 4.78 is 10.7. The van der Waals surface area contributed by atoms with E-state index in [0.29, 0.717) is 43.9 Å². The number of nitrogens with zero attached hydrogens (tertiary/aromatic N) is 4. The molecule has 0 spiro atoms. The van der Waals surface area contributed by atoms with Gasteiger partial charge in [-0.25, -0.2) is 4.98 Å². The molecule has 9 heteroatoms. The smallest absolute Gasteiger partial charge is 0.373 e. The molecule has 9 nitrogen and oxygen atoms in total. The number of piperidine rings is 1. The molecule has 1 saturated heterocycles. The van der Waals surface area contributed by atoms with E-state index in [9.17, 15) is 14.9 Å². The van der Waals surface area contributed by atoms with Gasteiger partial charge >= 0.3 is 17.5 Å². The molecule has 0 unspecified atom stereocenters. The van der Waals surface area contributed by atoms with Crippen molar-refractivity contribution in [2.45, 2.75) is 19.8 Å². The van der Waals surface area contributed by atoms with Crippen molar-refractivity contribution in [1.29, 1.82) is 0 Å². The number of hydrogen-bond acceptors (Lipinski definition) is 8. The summed E-state index contributed by atoms with van der Waals surface area (Å²) >= 11 is 0. The molecule has 1 aliphatic heterocycles. The Hall–Kier alpha value is -3.67. The zero-order chi connectivity index (χ0) is 20.8. The van der Waals surface area contributed by atoms with Crippen molar-refractivity contribution in [1.82, 2.24) is 9.97 Å². The van der Waals surface area contributed by atoms with Crippen LogP contribution in [0.3, 0.4) is 0 Å². The first-order chi connectivity index (χ1) is 14.0. The monoisotopic (exact) mass is 396 g/mol. The van der Waals surface area contributed by atoms with Crippen LogP contribution < -0.4 is 9.64 Å². The van der Waals surface area contributed by atoms with Crippen molar-refractivity contribution in [3.05, 3.63) is 46.3 Å². The van der Waals surface area contributed by atoms with Crippen LogP contribution in [-0.2, 0) is 9.53 Å². The Bertz CT molecular complexity index is 948. The van der Waals surface area contributed by atoms with E-state index in [4.69, 9.17) is 15.9 Å². The van der Waals surface area contributed by atoms with Crippen LogP contribution >= 0.6 is 0 Å². The molecule has 0 bridgehead atoms. The number of rotatable bonds is 6. The molecule has 1 fully saturated rings. The highest BCUT2D eigenvalue weighted by atomic mass is 16.6. The Morgan fingerprint density at radius 1 is 1.38 bits per heavy atom. The molecule has 1 aromatic heterocycles. The van der Waals surface area contributed by atoms with E-state index >= 15 is 0 Å². The van der Waals surface area contributed by atoms with Gasteiger partial charge in [-0.2, -0.15) is 4.98 Å². The summed E-state index contributed by atoms with van der Waals surface area (Å²) in [5, 5.41) is 11.8. The first-order valence-corrected chi connectivity index (χ1v) is 9.19. The van der Waals surface area contributed by atoms with Crippen LogP contribution in [0, 0.1) is 28.4 Å². The SMILES string of the molecule is C#Cc1cccc(Oc2ncnc(N3CCC(C(=O)OCC)CC3)c2[N+](=O)[O-])c1. The second kappa shape index (κ2) is 9.01. The van der Waals surface area contributed by atoms with Gasteiger partial charge in [0.25, 0.3) is 0 Å². The Morgan fingerprint density at radius 2 is 2.14 bits per heavy atom. The number of hydrogen-bond donors (Lipinski definition) is 0. The maximum atomic E-state index is 11.9. The second-order valence-electron chi connectivity index (χ2n) is 6.40. The number of esters is 1. The lowest BCUT2D eigenvalue weighted by Crippen LogP contribution is -2.37. The lowest BCUT2D eigenvalue weighted by molar-refractivity contribution is -0.385. The lowest BCUT2D eigenvalue weighted by Gasteiger charge is -2.31. The van der Waals surface area contributed by atoms with Gasteiger partial charge in [0.2, 0.25) is 5.82 Å². The van der Waals surface area contributed by atoms with Gasteiger partial charge in [-0.05, 0) is 38.0 Å². The third kappa shape index (κ3) is 4.60. The Labute approximate surface area is 167 Å².